The van der Waals surface area contributed by atoms with Crippen LogP contribution in [0.3, 0.4) is 0 Å². The molecule has 1 fully saturated rings. The number of benzene rings is 1. The van der Waals surface area contributed by atoms with Gasteiger partial charge in [0.1, 0.15) is 12.3 Å². The fourth-order valence-corrected chi connectivity index (χ4v) is 3.99. The maximum atomic E-state index is 12.4. The van der Waals surface area contributed by atoms with E-state index in [4.69, 9.17) is 20.9 Å². The van der Waals surface area contributed by atoms with Crippen LogP contribution in [0.25, 0.3) is 10.6 Å². The van der Waals surface area contributed by atoms with Crippen LogP contribution in [0.15, 0.2) is 52.4 Å². The van der Waals surface area contributed by atoms with Crippen molar-refractivity contribution in [1.29, 1.82) is 0 Å². The van der Waals surface area contributed by atoms with Gasteiger partial charge in [-0.15, -0.1) is 11.3 Å². The molecular formula is C20H20ClN3O3S. The molecule has 0 aliphatic carbocycles. The van der Waals surface area contributed by atoms with E-state index in [1.54, 1.807) is 11.3 Å². The Balaban J connectivity index is 1.22. The third-order valence-electron chi connectivity index (χ3n) is 4.60. The van der Waals surface area contributed by atoms with Crippen molar-refractivity contribution in [3.63, 3.8) is 0 Å². The highest BCUT2D eigenvalue weighted by atomic mass is 35.5. The molecule has 8 heteroatoms. The zero-order valence-corrected chi connectivity index (χ0v) is 16.8. The van der Waals surface area contributed by atoms with Gasteiger partial charge in [0.2, 0.25) is 5.91 Å². The lowest BCUT2D eigenvalue weighted by atomic mass is 10.2. The fraction of sp³-hybridized carbons (Fsp3) is 0.300. The first-order valence-electron chi connectivity index (χ1n) is 9.04. The Morgan fingerprint density at radius 3 is 2.79 bits per heavy atom. The van der Waals surface area contributed by atoms with Gasteiger partial charge in [-0.3, -0.25) is 4.79 Å². The first-order valence-corrected chi connectivity index (χ1v) is 10.3. The quantitative estimate of drug-likeness (QED) is 0.608. The van der Waals surface area contributed by atoms with Crippen molar-refractivity contribution in [3.8, 4) is 10.6 Å². The number of halogens is 1. The molecule has 1 amide bonds. The Hall–Kier alpha value is -2.35. The third-order valence-corrected chi connectivity index (χ3v) is 5.72. The van der Waals surface area contributed by atoms with Gasteiger partial charge in [0.25, 0.3) is 0 Å². The monoisotopic (exact) mass is 417 g/mol. The number of carbonyl (C=O) groups excluding carboxylic acids is 1. The lowest BCUT2D eigenvalue weighted by molar-refractivity contribution is -0.136. The van der Waals surface area contributed by atoms with Crippen LogP contribution in [0, 0.1) is 0 Å². The van der Waals surface area contributed by atoms with Crippen molar-refractivity contribution >= 4 is 34.5 Å². The molecule has 28 heavy (non-hydrogen) atoms. The van der Waals surface area contributed by atoms with Crippen molar-refractivity contribution in [2.45, 2.75) is 6.61 Å². The number of carbonyl (C=O) groups is 1. The summed E-state index contributed by atoms with van der Waals surface area (Å²) in [5.74, 6) is 0.713. The zero-order valence-electron chi connectivity index (χ0n) is 15.2. The summed E-state index contributed by atoms with van der Waals surface area (Å²) in [6, 6.07) is 13.6. The van der Waals surface area contributed by atoms with Crippen LogP contribution in [-0.4, -0.2) is 48.7 Å². The summed E-state index contributed by atoms with van der Waals surface area (Å²) < 4.78 is 10.9. The zero-order chi connectivity index (χ0) is 19.3. The summed E-state index contributed by atoms with van der Waals surface area (Å²) in [4.78, 5) is 17.5. The number of anilines is 1. The van der Waals surface area contributed by atoms with Gasteiger partial charge in [-0.1, -0.05) is 28.9 Å². The molecule has 0 saturated carbocycles. The minimum Gasteiger partial charge on any atom is -0.368 e. The summed E-state index contributed by atoms with van der Waals surface area (Å²) in [5.41, 5.74) is 1.77. The molecule has 1 aliphatic rings. The van der Waals surface area contributed by atoms with Gasteiger partial charge in [-0.05, 0) is 29.6 Å². The van der Waals surface area contributed by atoms with Crippen molar-refractivity contribution in [2.75, 3.05) is 37.7 Å². The molecule has 0 atom stereocenters. The Morgan fingerprint density at radius 1 is 1.18 bits per heavy atom. The van der Waals surface area contributed by atoms with E-state index in [0.29, 0.717) is 18.8 Å². The van der Waals surface area contributed by atoms with Crippen molar-refractivity contribution in [2.24, 2.45) is 0 Å². The normalized spacial score (nSPS) is 14.5. The number of nitrogens with zero attached hydrogens (tertiary/aromatic N) is 3. The molecule has 4 rings (SSSR count). The number of ether oxygens (including phenoxy) is 1. The van der Waals surface area contributed by atoms with Gasteiger partial charge in [-0.25, -0.2) is 0 Å². The highest BCUT2D eigenvalue weighted by Crippen LogP contribution is 2.25. The first-order chi connectivity index (χ1) is 13.7. The average Bonchev–Trinajstić information content (AvgIpc) is 3.40. The van der Waals surface area contributed by atoms with Crippen molar-refractivity contribution in [3.05, 3.63) is 58.6 Å². The maximum absolute atomic E-state index is 12.4. The molecule has 1 aromatic carbocycles. The second kappa shape index (κ2) is 8.77. The number of amides is 1. The predicted molar refractivity (Wildman–Crippen MR) is 110 cm³/mol. The molecular weight excluding hydrogens is 398 g/mol. The first kappa shape index (κ1) is 19.0. The van der Waals surface area contributed by atoms with Gasteiger partial charge < -0.3 is 19.1 Å². The van der Waals surface area contributed by atoms with E-state index in [0.717, 1.165) is 34.4 Å². The van der Waals surface area contributed by atoms with Crippen LogP contribution >= 0.6 is 22.9 Å². The van der Waals surface area contributed by atoms with Crippen LogP contribution in [0.1, 0.15) is 5.69 Å². The molecule has 3 heterocycles. The standard InChI is InChI=1S/C20H20ClN3O3S/c21-15-3-1-4-17(11-15)23-6-8-24(9-7-23)20(25)14-26-13-16-12-18(27-22-16)19-5-2-10-28-19/h1-5,10-12H,6-9,13-14H2. The summed E-state index contributed by atoms with van der Waals surface area (Å²) in [5, 5.41) is 6.70. The summed E-state index contributed by atoms with van der Waals surface area (Å²) in [6.07, 6.45) is 0. The van der Waals surface area contributed by atoms with Gasteiger partial charge in [0.05, 0.1) is 11.5 Å². The summed E-state index contributed by atoms with van der Waals surface area (Å²) in [7, 11) is 0. The smallest absolute Gasteiger partial charge is 0.248 e. The van der Waals surface area contributed by atoms with E-state index in [9.17, 15) is 4.79 Å². The van der Waals surface area contributed by atoms with Gasteiger partial charge in [0.15, 0.2) is 5.76 Å². The Labute approximate surface area is 172 Å². The lowest BCUT2D eigenvalue weighted by Gasteiger charge is -2.36. The van der Waals surface area contributed by atoms with E-state index in [-0.39, 0.29) is 19.1 Å². The third kappa shape index (κ3) is 4.55. The van der Waals surface area contributed by atoms with E-state index < -0.39 is 0 Å². The molecule has 0 unspecified atom stereocenters. The largest absolute Gasteiger partial charge is 0.368 e. The molecule has 0 N–H and O–H groups in total. The molecule has 1 saturated heterocycles. The molecule has 1 aliphatic heterocycles. The van der Waals surface area contributed by atoms with Crippen LogP contribution < -0.4 is 4.90 Å². The van der Waals surface area contributed by atoms with Gasteiger partial charge in [0, 0.05) is 43.0 Å². The number of piperazine rings is 1. The molecule has 3 aromatic rings. The maximum Gasteiger partial charge on any atom is 0.248 e. The topological polar surface area (TPSA) is 58.8 Å². The second-order valence-electron chi connectivity index (χ2n) is 6.50. The van der Waals surface area contributed by atoms with Crippen molar-refractivity contribution < 1.29 is 14.1 Å². The average molecular weight is 418 g/mol. The van der Waals surface area contributed by atoms with Crippen LogP contribution in [0.4, 0.5) is 5.69 Å². The molecule has 0 radical (unpaired) electrons. The highest BCUT2D eigenvalue weighted by molar-refractivity contribution is 7.13. The van der Waals surface area contributed by atoms with Crippen LogP contribution in [-0.2, 0) is 16.1 Å². The van der Waals surface area contributed by atoms with Crippen LogP contribution in [0.5, 0.6) is 0 Å². The number of hydrogen-bond donors (Lipinski definition) is 0. The van der Waals surface area contributed by atoms with Gasteiger partial charge >= 0.3 is 0 Å². The number of hydrogen-bond acceptors (Lipinski definition) is 6. The highest BCUT2D eigenvalue weighted by Gasteiger charge is 2.21. The fourth-order valence-electron chi connectivity index (χ4n) is 3.14. The number of thiophene rings is 1. The van der Waals surface area contributed by atoms with Crippen LogP contribution in [0.2, 0.25) is 5.02 Å². The summed E-state index contributed by atoms with van der Waals surface area (Å²) >= 11 is 7.65. The minimum atomic E-state index is -0.00674. The Bertz CT molecular complexity index is 920. The van der Waals surface area contributed by atoms with E-state index >= 15 is 0 Å². The second-order valence-corrected chi connectivity index (χ2v) is 7.88. The van der Waals surface area contributed by atoms with E-state index in [1.165, 1.54) is 0 Å². The van der Waals surface area contributed by atoms with E-state index in [2.05, 4.69) is 10.1 Å². The van der Waals surface area contributed by atoms with Gasteiger partial charge in [-0.2, -0.15) is 0 Å². The summed E-state index contributed by atoms with van der Waals surface area (Å²) in [6.45, 7) is 3.18. The molecule has 6 nitrogen and oxygen atoms in total. The molecule has 0 bridgehead atoms. The lowest BCUT2D eigenvalue weighted by Crippen LogP contribution is -2.49. The Kier molecular flexibility index (Phi) is 5.95. The molecule has 0 spiro atoms. The number of aromatic nitrogens is 1. The molecule has 2 aromatic heterocycles. The number of rotatable bonds is 6. The Morgan fingerprint density at radius 2 is 2.04 bits per heavy atom. The van der Waals surface area contributed by atoms with E-state index in [1.807, 2.05) is 52.7 Å². The van der Waals surface area contributed by atoms with Crippen molar-refractivity contribution in [1.82, 2.24) is 10.1 Å². The SMILES string of the molecule is O=C(COCc1cc(-c2cccs2)on1)N1CCN(c2cccc(Cl)c2)CC1. The predicted octanol–water partition coefficient (Wildman–Crippen LogP) is 3.92. The molecule has 146 valence electrons. The minimum absolute atomic E-state index is 0.00674.